The summed E-state index contributed by atoms with van der Waals surface area (Å²) in [4.78, 5) is 9.07. The number of nitrogens with zero attached hydrogens (tertiary/aromatic N) is 3. The van der Waals surface area contributed by atoms with Crippen LogP contribution in [0.25, 0.3) is 10.8 Å². The van der Waals surface area contributed by atoms with Crippen LogP contribution in [0.2, 0.25) is 10.0 Å². The monoisotopic (exact) mass is 605 g/mol. The van der Waals surface area contributed by atoms with Crippen molar-refractivity contribution in [2.45, 2.75) is 12.4 Å². The lowest BCUT2D eigenvalue weighted by atomic mass is 10.00. The number of morpholine rings is 1. The van der Waals surface area contributed by atoms with Crippen LogP contribution in [0.3, 0.4) is 0 Å². The number of aliphatic hydroxyl groups excluding tert-OH is 1. The van der Waals surface area contributed by atoms with Gasteiger partial charge in [0.1, 0.15) is 0 Å². The van der Waals surface area contributed by atoms with E-state index in [1.165, 1.54) is 5.69 Å². The number of anilines is 3. The fourth-order valence-electron chi connectivity index (χ4n) is 5.37. The molecule has 2 aliphatic heterocycles. The van der Waals surface area contributed by atoms with E-state index in [0.717, 1.165) is 46.4 Å². The Hall–Kier alpha value is -3.40. The molecule has 0 bridgehead atoms. The first-order valence-corrected chi connectivity index (χ1v) is 14.5. The summed E-state index contributed by atoms with van der Waals surface area (Å²) in [6.45, 7) is 3.13. The molecule has 0 radical (unpaired) electrons. The maximum atomic E-state index is 11.4. The van der Waals surface area contributed by atoms with Gasteiger partial charge in [-0.2, -0.15) is 0 Å². The van der Waals surface area contributed by atoms with E-state index in [0.29, 0.717) is 34.1 Å². The van der Waals surface area contributed by atoms with E-state index in [9.17, 15) is 5.11 Å². The van der Waals surface area contributed by atoms with Gasteiger partial charge in [-0.3, -0.25) is 4.99 Å². The summed E-state index contributed by atoms with van der Waals surface area (Å²) in [5.74, 6) is 0. The Morgan fingerprint density at radius 3 is 2.41 bits per heavy atom. The van der Waals surface area contributed by atoms with E-state index in [-0.39, 0.29) is 0 Å². The fraction of sp³-hybridized carbons (Fsp3) is 0.226. The molecule has 3 N–H and O–H groups in total. The van der Waals surface area contributed by atoms with Gasteiger partial charge in [0.05, 0.1) is 18.9 Å². The Bertz CT molecular complexity index is 1640. The van der Waals surface area contributed by atoms with Crippen LogP contribution in [0.5, 0.6) is 0 Å². The molecule has 0 aromatic heterocycles. The summed E-state index contributed by atoms with van der Waals surface area (Å²) < 4.78 is 5.55. The normalized spacial score (nSPS) is 18.9. The maximum absolute atomic E-state index is 11.4. The number of fused-ring (bicyclic) bond motifs is 2. The summed E-state index contributed by atoms with van der Waals surface area (Å²) in [6, 6.07) is 25.4. The smallest absolute Gasteiger partial charge is 0.172 e. The number of benzene rings is 4. The van der Waals surface area contributed by atoms with Crippen molar-refractivity contribution in [1.82, 2.24) is 5.32 Å². The summed E-state index contributed by atoms with van der Waals surface area (Å²) in [5.41, 5.74) is 4.90. The molecule has 2 heterocycles. The first-order chi connectivity index (χ1) is 19.9. The van der Waals surface area contributed by atoms with Crippen molar-refractivity contribution in [3.8, 4) is 0 Å². The van der Waals surface area contributed by atoms with Gasteiger partial charge in [0.25, 0.3) is 0 Å². The van der Waals surface area contributed by atoms with Crippen molar-refractivity contribution < 1.29 is 9.84 Å². The average Bonchev–Trinajstić information content (AvgIpc) is 3.08. The highest BCUT2D eigenvalue weighted by atomic mass is 35.5. The third-order valence-electron chi connectivity index (χ3n) is 7.45. The number of rotatable bonds is 4. The molecule has 210 valence electrons. The van der Waals surface area contributed by atoms with Crippen molar-refractivity contribution in [3.05, 3.63) is 100 Å². The van der Waals surface area contributed by atoms with Gasteiger partial charge in [0.2, 0.25) is 0 Å². The van der Waals surface area contributed by atoms with Crippen LogP contribution in [-0.4, -0.2) is 61.7 Å². The zero-order valence-corrected chi connectivity index (χ0v) is 24.7. The van der Waals surface area contributed by atoms with Crippen LogP contribution in [0, 0.1) is 0 Å². The van der Waals surface area contributed by atoms with Gasteiger partial charge >= 0.3 is 0 Å². The second-order valence-corrected chi connectivity index (χ2v) is 11.2. The van der Waals surface area contributed by atoms with Gasteiger partial charge < -0.3 is 30.3 Å². The minimum Gasteiger partial charge on any atom is -0.378 e. The molecule has 7 nitrogen and oxygen atoms in total. The van der Waals surface area contributed by atoms with Crippen LogP contribution < -0.4 is 20.4 Å². The lowest BCUT2D eigenvalue weighted by Gasteiger charge is -2.31. The number of hydrogen-bond donors (Lipinski definition) is 3. The number of hydrogen-bond acceptors (Lipinski definition) is 6. The standard InChI is InChI=1S/C31H29Cl2N5O2S/c1-37-26-12-10-19(32)18-23(26)28(22-8-4-5-9-24(22)33)35-29(30(37)39)36-31(41)34-25-11-13-27(38-14-16-40-17-15-38)21-7-3-2-6-20(21)25/h2-13,18,29-30,39H,14-17H2,1H3,(H2,34,36,41). The van der Waals surface area contributed by atoms with Crippen LogP contribution >= 0.6 is 35.4 Å². The maximum Gasteiger partial charge on any atom is 0.172 e. The molecule has 41 heavy (non-hydrogen) atoms. The number of nitrogens with one attached hydrogen (secondary N) is 2. The van der Waals surface area contributed by atoms with Crippen molar-refractivity contribution in [2.75, 3.05) is 48.5 Å². The summed E-state index contributed by atoms with van der Waals surface area (Å²) in [5, 5.41) is 21.6. The van der Waals surface area contributed by atoms with E-state index in [1.807, 2.05) is 61.6 Å². The third kappa shape index (κ3) is 5.58. The average molecular weight is 607 g/mol. The third-order valence-corrected chi connectivity index (χ3v) is 8.23. The SMILES string of the molecule is CN1c2ccc(Cl)cc2C(c2ccccc2Cl)=NC(NC(=S)Nc2ccc(N3CCOCC3)c3ccccc23)C1O. The van der Waals surface area contributed by atoms with E-state index in [4.69, 9.17) is 45.1 Å². The first-order valence-electron chi connectivity index (χ1n) is 13.4. The predicted octanol–water partition coefficient (Wildman–Crippen LogP) is 5.90. The molecule has 2 aliphatic rings. The largest absolute Gasteiger partial charge is 0.378 e. The molecule has 2 atom stereocenters. The van der Waals surface area contributed by atoms with Gasteiger partial charge in [0.15, 0.2) is 17.5 Å². The predicted molar refractivity (Wildman–Crippen MR) is 173 cm³/mol. The molecule has 0 saturated carbocycles. The van der Waals surface area contributed by atoms with Gasteiger partial charge in [-0.05, 0) is 48.6 Å². The van der Waals surface area contributed by atoms with E-state index < -0.39 is 12.4 Å². The highest BCUT2D eigenvalue weighted by Crippen LogP contribution is 2.34. The van der Waals surface area contributed by atoms with E-state index in [2.05, 4.69) is 33.7 Å². The van der Waals surface area contributed by atoms with Crippen LogP contribution in [0.1, 0.15) is 11.1 Å². The highest BCUT2D eigenvalue weighted by molar-refractivity contribution is 7.80. The quantitative estimate of drug-likeness (QED) is 0.250. The topological polar surface area (TPSA) is 72.4 Å². The number of ether oxygens (including phenoxy) is 1. The Labute approximate surface area is 254 Å². The number of likely N-dealkylation sites (N-methyl/N-ethyl adjacent to an activating group) is 1. The number of halogens is 2. The molecule has 0 amide bonds. The van der Waals surface area contributed by atoms with Gasteiger partial charge in [-0.15, -0.1) is 0 Å². The van der Waals surface area contributed by atoms with Crippen LogP contribution in [0.4, 0.5) is 17.1 Å². The Kier molecular flexibility index (Phi) is 8.01. The highest BCUT2D eigenvalue weighted by Gasteiger charge is 2.31. The molecule has 1 saturated heterocycles. The Morgan fingerprint density at radius 2 is 1.63 bits per heavy atom. The molecule has 4 aromatic rings. The minimum atomic E-state index is -1.03. The number of benzodiazepines with no additional fused rings is 1. The molecule has 2 unspecified atom stereocenters. The Morgan fingerprint density at radius 1 is 0.927 bits per heavy atom. The second kappa shape index (κ2) is 11.8. The molecular weight excluding hydrogens is 577 g/mol. The first kappa shape index (κ1) is 27.8. The molecular formula is C31H29Cl2N5O2S. The molecule has 0 spiro atoms. The lowest BCUT2D eigenvalue weighted by Crippen LogP contribution is -2.50. The fourth-order valence-corrected chi connectivity index (χ4v) is 6.00. The second-order valence-electron chi connectivity index (χ2n) is 9.96. The zero-order valence-electron chi connectivity index (χ0n) is 22.3. The summed E-state index contributed by atoms with van der Waals surface area (Å²) >= 11 is 18.8. The van der Waals surface area contributed by atoms with Crippen LogP contribution in [-0.2, 0) is 4.74 Å². The number of aliphatic hydroxyl groups is 1. The molecule has 6 rings (SSSR count). The zero-order chi connectivity index (χ0) is 28.5. The van der Waals surface area contributed by atoms with Gasteiger partial charge in [-0.25, -0.2) is 0 Å². The van der Waals surface area contributed by atoms with Crippen molar-refractivity contribution in [3.63, 3.8) is 0 Å². The lowest BCUT2D eigenvalue weighted by molar-refractivity contribution is 0.123. The molecule has 4 aromatic carbocycles. The summed E-state index contributed by atoms with van der Waals surface area (Å²) in [7, 11) is 1.81. The number of thiocarbonyl (C=S) groups is 1. The molecule has 10 heteroatoms. The van der Waals surface area contributed by atoms with Gasteiger partial charge in [0, 0.05) is 69.1 Å². The van der Waals surface area contributed by atoms with Crippen LogP contribution in [0.15, 0.2) is 83.9 Å². The van der Waals surface area contributed by atoms with E-state index in [1.54, 1.807) is 11.0 Å². The number of aliphatic imine (C=N–C) groups is 1. The Balaban J connectivity index is 1.33. The molecule has 0 aliphatic carbocycles. The molecule has 1 fully saturated rings. The minimum absolute atomic E-state index is 0.331. The van der Waals surface area contributed by atoms with E-state index >= 15 is 0 Å². The summed E-state index contributed by atoms with van der Waals surface area (Å²) in [6.07, 6.45) is -1.84. The van der Waals surface area contributed by atoms with Gasteiger partial charge in [-0.1, -0.05) is 65.7 Å². The van der Waals surface area contributed by atoms with Crippen molar-refractivity contribution in [1.29, 1.82) is 0 Å². The van der Waals surface area contributed by atoms with Crippen molar-refractivity contribution >= 4 is 74.1 Å². The van der Waals surface area contributed by atoms with Crippen molar-refractivity contribution in [2.24, 2.45) is 4.99 Å².